The summed E-state index contributed by atoms with van der Waals surface area (Å²) in [6, 6.07) is 9.74. The second kappa shape index (κ2) is 9.73. The number of aromatic nitrogens is 1. The molecule has 0 spiro atoms. The Balaban J connectivity index is 1.64. The van der Waals surface area contributed by atoms with Gasteiger partial charge in [0, 0.05) is 34.3 Å². The van der Waals surface area contributed by atoms with Gasteiger partial charge in [-0.05, 0) is 81.6 Å². The van der Waals surface area contributed by atoms with Crippen molar-refractivity contribution in [2.24, 2.45) is 5.92 Å². The van der Waals surface area contributed by atoms with Crippen LogP contribution in [0.2, 0.25) is 10.0 Å². The molecule has 0 saturated carbocycles. The molecule has 0 amide bonds. The molecule has 0 atom stereocenters. The van der Waals surface area contributed by atoms with Gasteiger partial charge in [0.2, 0.25) is 0 Å². The molecule has 0 unspecified atom stereocenters. The van der Waals surface area contributed by atoms with E-state index in [0.29, 0.717) is 29.0 Å². The molecule has 4 nitrogen and oxygen atoms in total. The van der Waals surface area contributed by atoms with Crippen LogP contribution >= 0.6 is 23.2 Å². The summed E-state index contributed by atoms with van der Waals surface area (Å²) in [6.07, 6.45) is 2.59. The number of pyridine rings is 1. The van der Waals surface area contributed by atoms with E-state index in [-0.39, 0.29) is 5.97 Å². The third-order valence-corrected chi connectivity index (χ3v) is 5.48. The SMILES string of the molecule is CCOC(=O)CC1CCN(Cc2cc(C)nc(-c3cc(Cl)cc(Cl)c3)c2)CC1. The van der Waals surface area contributed by atoms with Crippen LogP contribution in [0.25, 0.3) is 11.3 Å². The van der Waals surface area contributed by atoms with Gasteiger partial charge in [0.25, 0.3) is 0 Å². The molecule has 1 aliphatic heterocycles. The number of esters is 1. The zero-order chi connectivity index (χ0) is 20.1. The average Bonchev–Trinajstić information content (AvgIpc) is 2.62. The molecule has 0 aliphatic carbocycles. The van der Waals surface area contributed by atoms with Gasteiger partial charge in [0.05, 0.1) is 12.3 Å². The summed E-state index contributed by atoms with van der Waals surface area (Å²) in [4.78, 5) is 18.8. The number of hydrogen-bond acceptors (Lipinski definition) is 4. The highest BCUT2D eigenvalue weighted by atomic mass is 35.5. The van der Waals surface area contributed by atoms with E-state index in [2.05, 4.69) is 22.0 Å². The molecule has 0 N–H and O–H groups in total. The molecule has 28 heavy (non-hydrogen) atoms. The summed E-state index contributed by atoms with van der Waals surface area (Å²) in [5.74, 6) is 0.356. The lowest BCUT2D eigenvalue weighted by Crippen LogP contribution is -2.34. The lowest BCUT2D eigenvalue weighted by Gasteiger charge is -2.31. The van der Waals surface area contributed by atoms with E-state index in [1.807, 2.05) is 26.0 Å². The highest BCUT2D eigenvalue weighted by Gasteiger charge is 2.22. The van der Waals surface area contributed by atoms with Crippen molar-refractivity contribution >= 4 is 29.2 Å². The standard InChI is InChI=1S/C22H26Cl2N2O2/c1-3-28-22(27)10-16-4-6-26(7-5-16)14-17-8-15(2)25-21(9-17)18-11-19(23)13-20(24)12-18/h8-9,11-13,16H,3-7,10,14H2,1-2H3. The summed E-state index contributed by atoms with van der Waals surface area (Å²) in [7, 11) is 0. The lowest BCUT2D eigenvalue weighted by atomic mass is 9.93. The Bertz CT molecular complexity index is 813. The first-order valence-corrected chi connectivity index (χ1v) is 10.5. The van der Waals surface area contributed by atoms with Crippen molar-refractivity contribution in [2.45, 2.75) is 39.7 Å². The van der Waals surface area contributed by atoms with Gasteiger partial charge in [-0.25, -0.2) is 0 Å². The Morgan fingerprint density at radius 3 is 2.46 bits per heavy atom. The number of carbonyl (C=O) groups is 1. The number of carbonyl (C=O) groups excluding carboxylic acids is 1. The largest absolute Gasteiger partial charge is 0.466 e. The van der Waals surface area contributed by atoms with Crippen LogP contribution in [0.1, 0.15) is 37.4 Å². The first kappa shape index (κ1) is 21.1. The minimum atomic E-state index is -0.0736. The van der Waals surface area contributed by atoms with Crippen LogP contribution in [-0.4, -0.2) is 35.5 Å². The van der Waals surface area contributed by atoms with Gasteiger partial charge in [-0.1, -0.05) is 23.2 Å². The van der Waals surface area contributed by atoms with Gasteiger partial charge < -0.3 is 4.74 Å². The summed E-state index contributed by atoms with van der Waals surface area (Å²) in [5.41, 5.74) is 4.01. The number of piperidine rings is 1. The van der Waals surface area contributed by atoms with Crippen LogP contribution in [0.5, 0.6) is 0 Å². The van der Waals surface area contributed by atoms with Crippen molar-refractivity contribution in [2.75, 3.05) is 19.7 Å². The molecule has 1 aliphatic rings. The van der Waals surface area contributed by atoms with Gasteiger partial charge in [0.1, 0.15) is 0 Å². The van der Waals surface area contributed by atoms with E-state index < -0.39 is 0 Å². The second-order valence-corrected chi connectivity index (χ2v) is 8.26. The molecule has 2 heterocycles. The van der Waals surface area contributed by atoms with E-state index in [9.17, 15) is 4.79 Å². The zero-order valence-electron chi connectivity index (χ0n) is 16.4. The third kappa shape index (κ3) is 5.94. The fraction of sp³-hybridized carbons (Fsp3) is 0.455. The maximum atomic E-state index is 11.7. The van der Waals surface area contributed by atoms with Gasteiger partial charge in [0.15, 0.2) is 0 Å². The van der Waals surface area contributed by atoms with Crippen molar-refractivity contribution in [1.82, 2.24) is 9.88 Å². The Labute approximate surface area is 176 Å². The third-order valence-electron chi connectivity index (χ3n) is 5.05. The second-order valence-electron chi connectivity index (χ2n) is 7.39. The molecule has 3 rings (SSSR count). The van der Waals surface area contributed by atoms with Crippen molar-refractivity contribution < 1.29 is 9.53 Å². The van der Waals surface area contributed by atoms with Gasteiger partial charge >= 0.3 is 5.97 Å². The topological polar surface area (TPSA) is 42.4 Å². The van der Waals surface area contributed by atoms with Crippen molar-refractivity contribution in [3.05, 3.63) is 51.6 Å². The molecule has 1 aromatic carbocycles. The zero-order valence-corrected chi connectivity index (χ0v) is 17.9. The number of benzene rings is 1. The Hall–Kier alpha value is -1.62. The Kier molecular flexibility index (Phi) is 7.33. The smallest absolute Gasteiger partial charge is 0.306 e. The molecule has 0 bridgehead atoms. The molecule has 6 heteroatoms. The number of halogens is 2. The van der Waals surface area contributed by atoms with Crippen LogP contribution in [0.15, 0.2) is 30.3 Å². The molecule has 150 valence electrons. The minimum absolute atomic E-state index is 0.0736. The van der Waals surface area contributed by atoms with E-state index in [1.54, 1.807) is 6.07 Å². The maximum absolute atomic E-state index is 11.7. The molecule has 1 aromatic heterocycles. The predicted octanol–water partition coefficient (Wildman–Crippen LogP) is 5.53. The van der Waals surface area contributed by atoms with Crippen LogP contribution < -0.4 is 0 Å². The van der Waals surface area contributed by atoms with Crippen LogP contribution in [0.3, 0.4) is 0 Å². The number of aryl methyl sites for hydroxylation is 1. The van der Waals surface area contributed by atoms with Crippen molar-refractivity contribution in [3.8, 4) is 11.3 Å². The van der Waals surface area contributed by atoms with Gasteiger partial charge in [-0.3, -0.25) is 14.7 Å². The van der Waals surface area contributed by atoms with Crippen LogP contribution in [-0.2, 0) is 16.1 Å². The first-order chi connectivity index (χ1) is 13.4. The summed E-state index contributed by atoms with van der Waals surface area (Å²) >= 11 is 12.3. The van der Waals surface area contributed by atoms with E-state index in [0.717, 1.165) is 49.4 Å². The van der Waals surface area contributed by atoms with Crippen molar-refractivity contribution in [1.29, 1.82) is 0 Å². The number of nitrogens with zero attached hydrogens (tertiary/aromatic N) is 2. The molecular weight excluding hydrogens is 395 g/mol. The number of rotatable bonds is 6. The minimum Gasteiger partial charge on any atom is -0.466 e. The van der Waals surface area contributed by atoms with E-state index in [4.69, 9.17) is 27.9 Å². The fourth-order valence-corrected chi connectivity index (χ4v) is 4.27. The van der Waals surface area contributed by atoms with Crippen molar-refractivity contribution in [3.63, 3.8) is 0 Å². The monoisotopic (exact) mass is 420 g/mol. The summed E-state index contributed by atoms with van der Waals surface area (Å²) in [5, 5.41) is 1.21. The molecular formula is C22H26Cl2N2O2. The number of ether oxygens (including phenoxy) is 1. The highest BCUT2D eigenvalue weighted by molar-refractivity contribution is 6.35. The molecule has 1 saturated heterocycles. The summed E-state index contributed by atoms with van der Waals surface area (Å²) in [6.45, 7) is 7.16. The highest BCUT2D eigenvalue weighted by Crippen LogP contribution is 2.28. The van der Waals surface area contributed by atoms with E-state index >= 15 is 0 Å². The number of hydrogen-bond donors (Lipinski definition) is 0. The normalized spacial score (nSPS) is 15.6. The predicted molar refractivity (Wildman–Crippen MR) is 114 cm³/mol. The lowest BCUT2D eigenvalue weighted by molar-refractivity contribution is -0.144. The Morgan fingerprint density at radius 1 is 1.14 bits per heavy atom. The van der Waals surface area contributed by atoms with Crippen LogP contribution in [0, 0.1) is 12.8 Å². The quantitative estimate of drug-likeness (QED) is 0.576. The van der Waals surface area contributed by atoms with Gasteiger partial charge in [-0.2, -0.15) is 0 Å². The fourth-order valence-electron chi connectivity index (χ4n) is 3.74. The van der Waals surface area contributed by atoms with Crippen LogP contribution in [0.4, 0.5) is 0 Å². The van der Waals surface area contributed by atoms with Gasteiger partial charge in [-0.15, -0.1) is 0 Å². The average molecular weight is 421 g/mol. The van der Waals surface area contributed by atoms with E-state index in [1.165, 1.54) is 5.56 Å². The first-order valence-electron chi connectivity index (χ1n) is 9.75. The molecule has 2 aromatic rings. The molecule has 1 fully saturated rings. The number of likely N-dealkylation sites (tertiary alicyclic amines) is 1. The Morgan fingerprint density at radius 2 is 1.82 bits per heavy atom. The summed E-state index contributed by atoms with van der Waals surface area (Å²) < 4.78 is 5.07. The molecule has 0 radical (unpaired) electrons. The maximum Gasteiger partial charge on any atom is 0.306 e.